The van der Waals surface area contributed by atoms with Gasteiger partial charge in [-0.1, -0.05) is 62.8 Å². The van der Waals surface area contributed by atoms with E-state index in [1.807, 2.05) is 39.8 Å². The maximum Gasteiger partial charge on any atom is 0.407 e. The zero-order valence-corrected chi connectivity index (χ0v) is 57.6. The summed E-state index contributed by atoms with van der Waals surface area (Å²) in [4.78, 5) is 68.3. The van der Waals surface area contributed by atoms with Crippen molar-refractivity contribution in [3.8, 4) is 0 Å². The highest BCUT2D eigenvalue weighted by molar-refractivity contribution is 6.26. The Kier molecular flexibility index (Phi) is 22.9. The number of ether oxygens (including phenoxy) is 13. The fourth-order valence-electron chi connectivity index (χ4n) is 17.2. The van der Waals surface area contributed by atoms with Gasteiger partial charge in [-0.25, -0.2) is 20.0 Å². The van der Waals surface area contributed by atoms with E-state index in [9.17, 15) is 50.0 Å². The molecule has 26 heteroatoms. The number of amides is 1. The molecule has 4 aliphatic carbocycles. The molecular formula is C70H102N2O24. The van der Waals surface area contributed by atoms with Crippen molar-refractivity contribution in [3.63, 3.8) is 0 Å². The van der Waals surface area contributed by atoms with Crippen molar-refractivity contribution >= 4 is 29.6 Å². The Hall–Kier alpha value is -4.85. The summed E-state index contributed by atoms with van der Waals surface area (Å²) < 4.78 is 82.0. The summed E-state index contributed by atoms with van der Waals surface area (Å²) in [6, 6.07) is -1.03. The number of hydrogen-bond donors (Lipinski definition) is 7. The molecule has 0 aromatic rings. The molecule has 1 unspecified atom stereocenters. The Bertz CT molecular complexity index is 3040. The van der Waals surface area contributed by atoms with Gasteiger partial charge in [-0.15, -0.1) is 0 Å². The number of aliphatic hydroxyl groups is 4. The van der Waals surface area contributed by atoms with Gasteiger partial charge in [0.05, 0.1) is 86.6 Å². The van der Waals surface area contributed by atoms with Gasteiger partial charge in [-0.05, 0) is 123 Å². The summed E-state index contributed by atoms with van der Waals surface area (Å²) in [5.74, 6) is -6.54. The van der Waals surface area contributed by atoms with Gasteiger partial charge in [0.15, 0.2) is 54.5 Å². The minimum absolute atomic E-state index is 0.114. The molecule has 96 heavy (non-hydrogen) atoms. The Labute approximate surface area is 561 Å². The third-order valence-corrected chi connectivity index (χ3v) is 22.2. The smallest absolute Gasteiger partial charge is 0.407 e. The van der Waals surface area contributed by atoms with Gasteiger partial charge in [0.2, 0.25) is 5.78 Å². The number of carbonyl (C=O) groups excluding carboxylic acids is 5. The molecule has 7 N–H and O–H groups in total. The van der Waals surface area contributed by atoms with Gasteiger partial charge < -0.3 is 92.5 Å². The lowest BCUT2D eigenvalue weighted by Gasteiger charge is -2.56. The fraction of sp³-hybridized carbons (Fsp3) is 0.757. The van der Waals surface area contributed by atoms with Crippen LogP contribution in [0.4, 0.5) is 4.79 Å². The second kappa shape index (κ2) is 29.8. The molecule has 536 valence electrons. The standard InChI is InChI=1S/C70H102N2O24/c1-32-15-21-50(91-57-31-68(12,72(82)83)63(41(10)89-57)71-67(81)84-14)33(2)26-46-48(76)27-43(17-16-36(5)73)30-70(46)65(79)58(66(80)96-70)64(78)69(13)45(32)19-18-44-59(69)34(3)25-35(4)60(44)95-56-29-52(62(40(9)88-56)90-42(11)74)93-53-24-22-51(38(7)86-53)92-55-28-49(77)61(39(8)87-55)94-54-23-20-47(75)37(6)85-54/h15-19,26-27,34-35,37-41,44-57,59-63,72,75-78,82H,20-25,28-31H2,1-14H3,(H,71,81)/b17-16+,32-15+,33-26+,64-58?/t34-,35-,37-,38-,39-,40-,41+,44-,45-,46+,47+,48-,49+,50-,51+,52+,53-,54-,55+,56-,57-,59+,60-,61-,62-,63-,68-,69+,70-/m0/s1. The number of hydroxylamine groups is 2. The zero-order chi connectivity index (χ0) is 69.8. The number of quaternary nitrogens is 1. The highest BCUT2D eigenvalue weighted by atomic mass is 16.8. The Morgan fingerprint density at radius 1 is 0.708 bits per heavy atom. The first-order valence-corrected chi connectivity index (χ1v) is 34.2. The van der Waals surface area contributed by atoms with Gasteiger partial charge in [0.25, 0.3) is 0 Å². The highest BCUT2D eigenvalue weighted by Gasteiger charge is 2.65. The van der Waals surface area contributed by atoms with Crippen LogP contribution in [0.25, 0.3) is 0 Å². The number of ketones is 2. The molecule has 0 radical (unpaired) electrons. The zero-order valence-electron chi connectivity index (χ0n) is 57.6. The van der Waals surface area contributed by atoms with Crippen LogP contribution in [0.5, 0.6) is 0 Å². The molecule has 10 rings (SSSR count). The number of rotatable bonds is 15. The summed E-state index contributed by atoms with van der Waals surface area (Å²) in [6.07, 6.45) is -1.00. The largest absolute Gasteiger partial charge is 0.600 e. The van der Waals surface area contributed by atoms with E-state index in [2.05, 4.69) is 25.2 Å². The molecule has 7 fully saturated rings. The molecule has 10 aliphatic rings. The fourth-order valence-corrected chi connectivity index (χ4v) is 17.2. The van der Waals surface area contributed by atoms with Crippen LogP contribution >= 0.6 is 0 Å². The van der Waals surface area contributed by atoms with E-state index in [0.717, 1.165) is 5.57 Å². The first kappa shape index (κ1) is 73.9. The number of methoxy groups -OCH3 is 1. The SMILES string of the molecule is COC(=O)N[C@H]1[C@@H](C)O[C@@H](O[C@H]2C/C=C(\C)[C@@H]3C=C[C@@H]4[C@@H](O[C@H]5C[C@@H](O[C@H]6CC[C@@H](O[C@@H]7C[C@@H](O)[C@@H](O[C@H]8CC[C@@H](O)[C@H](C)O8)[C@H](C)O7)[C@H](C)O6)[C@@H](OC(C)=O)[C@H](C)O5)[C@@H](C)C[C@H](C)[C@H]4[C@]3(C)C(O)=C3C(=O)O[C@]4(CC(/C=C/C(C)=O)=C[C@H](O)[C@H]4/C=C/2C)C3=O)C[C@]1(C)[NH+]([O-])O. The van der Waals surface area contributed by atoms with Crippen molar-refractivity contribution in [2.75, 3.05) is 7.11 Å². The molecule has 1 amide bonds. The van der Waals surface area contributed by atoms with Gasteiger partial charge in [-0.3, -0.25) is 14.4 Å². The topological polar surface area (TPSA) is 346 Å². The van der Waals surface area contributed by atoms with Crippen LogP contribution in [0.15, 0.2) is 70.6 Å². The van der Waals surface area contributed by atoms with Crippen LogP contribution in [0.3, 0.4) is 0 Å². The minimum atomic E-state index is -2.13. The Morgan fingerprint density at radius 3 is 2.00 bits per heavy atom. The maximum atomic E-state index is 15.8. The van der Waals surface area contributed by atoms with Crippen molar-refractivity contribution in [2.45, 2.75) is 288 Å². The Morgan fingerprint density at radius 2 is 1.34 bits per heavy atom. The Balaban J connectivity index is 0.919. The lowest BCUT2D eigenvalue weighted by Crippen LogP contribution is -3.17. The lowest BCUT2D eigenvalue weighted by molar-refractivity contribution is -1.09. The molecule has 30 atom stereocenters. The third kappa shape index (κ3) is 15.0. The first-order valence-electron chi connectivity index (χ1n) is 34.2. The van der Waals surface area contributed by atoms with E-state index >= 15 is 4.79 Å². The number of carbonyl (C=O) groups is 5. The minimum Gasteiger partial charge on any atom is -0.600 e. The molecule has 0 aromatic heterocycles. The number of aliphatic hydroxyl groups excluding tert-OH is 4. The molecule has 6 aliphatic heterocycles. The van der Waals surface area contributed by atoms with E-state index in [4.69, 9.17) is 61.6 Å². The van der Waals surface area contributed by atoms with E-state index in [1.165, 1.54) is 46.1 Å². The average molecular weight is 1360 g/mol. The van der Waals surface area contributed by atoms with Gasteiger partial charge in [-0.2, -0.15) is 0 Å². The molecule has 6 heterocycles. The average Bonchev–Trinajstić information content (AvgIpc) is 1.48. The quantitative estimate of drug-likeness (QED) is 0.0254. The van der Waals surface area contributed by atoms with Crippen molar-refractivity contribution < 1.29 is 116 Å². The monoisotopic (exact) mass is 1350 g/mol. The van der Waals surface area contributed by atoms with Crippen LogP contribution in [0.2, 0.25) is 0 Å². The predicted octanol–water partition coefficient (Wildman–Crippen LogP) is 5.80. The molecule has 1 saturated carbocycles. The second-order valence-corrected chi connectivity index (χ2v) is 29.1. The normalized spacial score (nSPS) is 46.8. The number of fused-ring (bicyclic) bond motifs is 4. The molecule has 26 nitrogen and oxygen atoms in total. The van der Waals surface area contributed by atoms with Gasteiger partial charge >= 0.3 is 18.0 Å². The van der Waals surface area contributed by atoms with Crippen LogP contribution in [0.1, 0.15) is 154 Å². The van der Waals surface area contributed by atoms with Gasteiger partial charge in [0, 0.05) is 56.3 Å². The van der Waals surface area contributed by atoms with Crippen LogP contribution in [-0.2, 0) is 80.8 Å². The summed E-state index contributed by atoms with van der Waals surface area (Å²) >= 11 is 0. The number of Topliss-reactive ketones (excluding diaryl/α,β-unsaturated/α-hetero) is 1. The van der Waals surface area contributed by atoms with Crippen molar-refractivity contribution in [1.82, 2.24) is 5.32 Å². The number of esters is 2. The van der Waals surface area contributed by atoms with E-state index in [0.29, 0.717) is 43.3 Å². The third-order valence-electron chi connectivity index (χ3n) is 22.2. The molecule has 2 bridgehead atoms. The number of allylic oxidation sites excluding steroid dienone is 5. The summed E-state index contributed by atoms with van der Waals surface area (Å²) in [5.41, 5.74) is -4.20. The highest BCUT2D eigenvalue weighted by Crippen LogP contribution is 2.61. The van der Waals surface area contributed by atoms with Gasteiger partial charge in [0.1, 0.15) is 29.6 Å². The predicted molar refractivity (Wildman–Crippen MR) is 338 cm³/mol. The number of alkyl carbamates (subject to hydrolysis) is 1. The summed E-state index contributed by atoms with van der Waals surface area (Å²) in [7, 11) is 1.17. The maximum absolute atomic E-state index is 15.8. The van der Waals surface area contributed by atoms with Crippen LogP contribution in [0, 0.1) is 46.1 Å². The lowest BCUT2D eigenvalue weighted by atomic mass is 9.49. The molecule has 6 saturated heterocycles. The van der Waals surface area contributed by atoms with E-state index in [-0.39, 0.29) is 49.7 Å². The van der Waals surface area contributed by atoms with Crippen molar-refractivity contribution in [1.29, 1.82) is 0 Å². The molecule has 0 aromatic carbocycles. The van der Waals surface area contributed by atoms with E-state index in [1.54, 1.807) is 33.8 Å². The van der Waals surface area contributed by atoms with Crippen molar-refractivity contribution in [3.05, 3.63) is 75.8 Å². The van der Waals surface area contributed by atoms with Crippen LogP contribution in [-0.4, -0.2) is 196 Å². The summed E-state index contributed by atoms with van der Waals surface area (Å²) in [6.45, 7) is 22.7. The number of hydrogen-bond acceptors (Lipinski definition) is 24. The van der Waals surface area contributed by atoms with Crippen LogP contribution < -0.4 is 10.5 Å². The molecule has 1 spiro atoms. The first-order chi connectivity index (χ1) is 45.3. The second-order valence-electron chi connectivity index (χ2n) is 29.1. The molecular weight excluding hydrogens is 1250 g/mol. The number of nitrogens with one attached hydrogen (secondary N) is 2. The summed E-state index contributed by atoms with van der Waals surface area (Å²) in [5, 5.41) is 72.3. The van der Waals surface area contributed by atoms with Crippen molar-refractivity contribution in [2.24, 2.45) is 40.9 Å². The van der Waals surface area contributed by atoms with E-state index < -0.39 is 204 Å².